The molecule has 10 nitrogen and oxygen atoms in total. The lowest BCUT2D eigenvalue weighted by molar-refractivity contribution is -0.119. The van der Waals surface area contributed by atoms with Gasteiger partial charge in [0.2, 0.25) is 11.8 Å². The lowest BCUT2D eigenvalue weighted by Crippen LogP contribution is -2.43. The Balaban J connectivity index is 1.17. The average molecular weight is 577 g/mol. The van der Waals surface area contributed by atoms with E-state index in [0.29, 0.717) is 36.2 Å². The van der Waals surface area contributed by atoms with Crippen LogP contribution in [0.4, 0.5) is 5.82 Å². The number of nitrogens with one attached hydrogen (secondary N) is 1. The second kappa shape index (κ2) is 10.8. The van der Waals surface area contributed by atoms with Gasteiger partial charge in [-0.15, -0.1) is 5.10 Å². The molecule has 2 fully saturated rings. The maximum absolute atomic E-state index is 11.5. The zero-order chi connectivity index (χ0) is 28.8. The van der Waals surface area contributed by atoms with Gasteiger partial charge in [-0.1, -0.05) is 20.8 Å². The van der Waals surface area contributed by atoms with Crippen molar-refractivity contribution >= 4 is 36.7 Å². The third kappa shape index (κ3) is 5.69. The molecule has 2 aliphatic rings. The van der Waals surface area contributed by atoms with Crippen LogP contribution in [0.25, 0.3) is 28.1 Å². The molecule has 0 spiro atoms. The normalized spacial score (nSPS) is 18.9. The summed E-state index contributed by atoms with van der Waals surface area (Å²) in [5.41, 5.74) is 2.22. The summed E-state index contributed by atoms with van der Waals surface area (Å²) in [6, 6.07) is 7.62. The molecule has 0 bridgehead atoms. The van der Waals surface area contributed by atoms with Crippen LogP contribution in [-0.4, -0.2) is 66.2 Å². The van der Waals surface area contributed by atoms with Gasteiger partial charge in [-0.25, -0.2) is 14.5 Å². The fraction of sp³-hybridized carbons (Fsp3) is 0.533. The molecule has 1 amide bonds. The van der Waals surface area contributed by atoms with Crippen LogP contribution >= 0.6 is 0 Å². The van der Waals surface area contributed by atoms with E-state index in [9.17, 15) is 4.79 Å². The zero-order valence-corrected chi connectivity index (χ0v) is 25.6. The Kier molecular flexibility index (Phi) is 7.27. The van der Waals surface area contributed by atoms with Gasteiger partial charge in [0, 0.05) is 38.4 Å². The zero-order valence-electron chi connectivity index (χ0n) is 24.6. The van der Waals surface area contributed by atoms with E-state index in [2.05, 4.69) is 54.2 Å². The molecule has 41 heavy (non-hydrogen) atoms. The molecule has 6 rings (SSSR count). The van der Waals surface area contributed by atoms with Gasteiger partial charge in [0.25, 0.3) is 0 Å². The largest absolute Gasteiger partial charge is 0.474 e. The van der Waals surface area contributed by atoms with Gasteiger partial charge in [0.05, 0.1) is 17.6 Å². The molecule has 0 saturated carbocycles. The molecule has 218 valence electrons. The number of ether oxygens (including phenoxy) is 1. The molecule has 4 aromatic heterocycles. The summed E-state index contributed by atoms with van der Waals surface area (Å²) >= 11 is 0. The summed E-state index contributed by atoms with van der Waals surface area (Å²) in [7, 11) is -1.74. The lowest BCUT2D eigenvalue weighted by Gasteiger charge is -2.39. The molecule has 0 aliphatic carbocycles. The third-order valence-corrected chi connectivity index (χ3v) is 13.4. The predicted molar refractivity (Wildman–Crippen MR) is 161 cm³/mol. The molecule has 1 atom stereocenters. The quantitative estimate of drug-likeness (QED) is 0.277. The van der Waals surface area contributed by atoms with Crippen molar-refractivity contribution in [1.82, 2.24) is 24.9 Å². The smallest absolute Gasteiger partial charge is 0.231 e. The van der Waals surface area contributed by atoms with E-state index in [1.807, 2.05) is 24.4 Å². The number of amides is 1. The van der Waals surface area contributed by atoms with Crippen LogP contribution in [0.3, 0.4) is 0 Å². The second-order valence-electron chi connectivity index (χ2n) is 12.9. The van der Waals surface area contributed by atoms with Crippen molar-refractivity contribution in [1.29, 1.82) is 0 Å². The number of pyridine rings is 1. The number of anilines is 1. The summed E-state index contributed by atoms with van der Waals surface area (Å²) in [5.74, 6) is 2.73. The van der Waals surface area contributed by atoms with Gasteiger partial charge in [0.1, 0.15) is 23.7 Å². The number of hydrogen-bond acceptors (Lipinski definition) is 8. The first-order valence-electron chi connectivity index (χ1n) is 14.6. The number of fused-ring (bicyclic) bond motifs is 2. The Morgan fingerprint density at radius 3 is 2.63 bits per heavy atom. The van der Waals surface area contributed by atoms with E-state index in [0.717, 1.165) is 61.4 Å². The summed E-state index contributed by atoms with van der Waals surface area (Å²) < 4.78 is 20.5. The van der Waals surface area contributed by atoms with E-state index < -0.39 is 8.32 Å². The second-order valence-corrected chi connectivity index (χ2v) is 17.7. The maximum Gasteiger partial charge on any atom is 0.231 e. The number of hydrogen-bond donors (Lipinski definition) is 1. The number of furan rings is 1. The fourth-order valence-electron chi connectivity index (χ4n) is 5.27. The Morgan fingerprint density at radius 2 is 1.90 bits per heavy atom. The fourth-order valence-corrected chi connectivity index (χ4v) is 6.36. The first-order chi connectivity index (χ1) is 19.6. The maximum atomic E-state index is 11.5. The lowest BCUT2D eigenvalue weighted by atomic mass is 9.98. The van der Waals surface area contributed by atoms with Crippen LogP contribution < -0.4 is 15.0 Å². The highest BCUT2D eigenvalue weighted by Crippen LogP contribution is 2.38. The van der Waals surface area contributed by atoms with Gasteiger partial charge in [-0.2, -0.15) is 0 Å². The topological polar surface area (TPSA) is 107 Å². The van der Waals surface area contributed by atoms with Gasteiger partial charge in [-0.05, 0) is 61.5 Å². The highest BCUT2D eigenvalue weighted by atomic mass is 28.4. The molecule has 6 heterocycles. The van der Waals surface area contributed by atoms with Gasteiger partial charge < -0.3 is 23.8 Å². The van der Waals surface area contributed by atoms with Crippen LogP contribution in [0.2, 0.25) is 18.1 Å². The monoisotopic (exact) mass is 576 g/mol. The summed E-state index contributed by atoms with van der Waals surface area (Å²) in [4.78, 5) is 23.1. The van der Waals surface area contributed by atoms with Crippen molar-refractivity contribution in [3.05, 3.63) is 36.7 Å². The van der Waals surface area contributed by atoms with Crippen molar-refractivity contribution < 1.29 is 18.4 Å². The molecule has 0 unspecified atom stereocenters. The Labute approximate surface area is 241 Å². The Bertz CT molecular complexity index is 1550. The number of nitrogens with zero attached hydrogens (tertiary/aromatic N) is 5. The number of carbonyl (C=O) groups excluding carboxylic acids is 1. The standard InChI is InChI=1S/C30H40N6O4Si/c1-30(2,3)41(4,5)39-18-20-11-14-35(15-12-20)29-22-16-25(40-24(22)10-13-31-29)23-17-32-26-7-9-28(34-36(23)26)38-19-21-6-8-27(37)33-21/h7,9-10,13,16-17,20-21H,6,8,11-12,14-15,18-19H2,1-5H3,(H,33,37)/t21-/m1/s1. The van der Waals surface area contributed by atoms with Crippen LogP contribution in [-0.2, 0) is 9.22 Å². The molecule has 2 saturated heterocycles. The third-order valence-electron chi connectivity index (χ3n) is 8.93. The number of aromatic nitrogens is 4. The predicted octanol–water partition coefficient (Wildman–Crippen LogP) is 5.43. The molecule has 0 radical (unpaired) electrons. The van der Waals surface area contributed by atoms with Crippen molar-refractivity contribution in [3.8, 4) is 17.3 Å². The highest BCUT2D eigenvalue weighted by molar-refractivity contribution is 6.74. The molecule has 2 aliphatic heterocycles. The van der Waals surface area contributed by atoms with Crippen LogP contribution in [0.15, 0.2) is 41.1 Å². The van der Waals surface area contributed by atoms with Crippen molar-refractivity contribution in [3.63, 3.8) is 0 Å². The van der Waals surface area contributed by atoms with E-state index in [4.69, 9.17) is 18.6 Å². The molecular weight excluding hydrogens is 536 g/mol. The number of imidazole rings is 1. The summed E-state index contributed by atoms with van der Waals surface area (Å²) in [6.45, 7) is 14.6. The number of carbonyl (C=O) groups is 1. The van der Waals surface area contributed by atoms with Gasteiger partial charge >= 0.3 is 0 Å². The minimum Gasteiger partial charge on any atom is -0.474 e. The first-order valence-corrected chi connectivity index (χ1v) is 17.5. The molecule has 11 heteroatoms. The highest BCUT2D eigenvalue weighted by Gasteiger charge is 2.38. The summed E-state index contributed by atoms with van der Waals surface area (Å²) in [6.07, 6.45) is 7.07. The Hall–Kier alpha value is -3.44. The molecule has 1 N–H and O–H groups in total. The van der Waals surface area contributed by atoms with E-state index >= 15 is 0 Å². The van der Waals surface area contributed by atoms with Crippen LogP contribution in [0.5, 0.6) is 5.88 Å². The van der Waals surface area contributed by atoms with Crippen molar-refractivity contribution in [2.75, 3.05) is 31.2 Å². The van der Waals surface area contributed by atoms with Crippen LogP contribution in [0.1, 0.15) is 46.5 Å². The van der Waals surface area contributed by atoms with E-state index in [1.165, 1.54) is 0 Å². The minimum absolute atomic E-state index is 0.0123. The van der Waals surface area contributed by atoms with E-state index in [-0.39, 0.29) is 17.0 Å². The van der Waals surface area contributed by atoms with E-state index in [1.54, 1.807) is 16.8 Å². The SMILES string of the molecule is CC(C)(C)[Si](C)(C)OCC1CCN(c2nccc3oc(-c4cnc5ccc(OC[C@H]6CCC(=O)N6)nn45)cc23)CC1. The number of piperidine rings is 1. The van der Waals surface area contributed by atoms with Gasteiger partial charge in [-0.3, -0.25) is 4.79 Å². The first kappa shape index (κ1) is 27.7. The van der Waals surface area contributed by atoms with Gasteiger partial charge in [0.15, 0.2) is 19.7 Å². The molecule has 0 aromatic carbocycles. The van der Waals surface area contributed by atoms with Crippen LogP contribution in [0, 0.1) is 5.92 Å². The Morgan fingerprint density at radius 1 is 1.10 bits per heavy atom. The number of rotatable bonds is 8. The molecular formula is C30H40N6O4Si. The average Bonchev–Trinajstić information content (AvgIpc) is 3.67. The molecule has 4 aromatic rings. The summed E-state index contributed by atoms with van der Waals surface area (Å²) in [5, 5.41) is 8.79. The van der Waals surface area contributed by atoms with Crippen molar-refractivity contribution in [2.45, 2.75) is 70.6 Å². The van der Waals surface area contributed by atoms with Crippen molar-refractivity contribution in [2.24, 2.45) is 5.92 Å². The minimum atomic E-state index is -1.74.